The third kappa shape index (κ3) is 5.51. The van der Waals surface area contributed by atoms with Crippen molar-refractivity contribution in [2.45, 2.75) is 26.7 Å². The van der Waals surface area contributed by atoms with Gasteiger partial charge in [-0.15, -0.1) is 0 Å². The number of rotatable bonds is 10. The molecule has 10 heteroatoms. The molecule has 1 amide bonds. The number of thioether (sulfide) groups is 1. The number of aliphatic hydroxyl groups is 1. The van der Waals surface area contributed by atoms with E-state index in [2.05, 4.69) is 17.2 Å². The first-order chi connectivity index (χ1) is 15.0. The van der Waals surface area contributed by atoms with Gasteiger partial charge in [0.15, 0.2) is 0 Å². The minimum atomic E-state index is -0.272. The molecule has 31 heavy (non-hydrogen) atoms. The number of nitrogens with zero attached hydrogens (tertiary/aromatic N) is 3. The van der Waals surface area contributed by atoms with Gasteiger partial charge in [0.1, 0.15) is 15.8 Å². The zero-order valence-corrected chi connectivity index (χ0v) is 19.2. The molecule has 0 aromatic carbocycles. The SMILES string of the molecule is CCCCN1C(=O)C(=Cc2c(NCCOCCO)nc3ccc(C)cn3c2=O)SC1=S. The average molecular weight is 463 g/mol. The van der Waals surface area contributed by atoms with Gasteiger partial charge in [0, 0.05) is 19.3 Å². The molecule has 1 aliphatic rings. The Morgan fingerprint density at radius 3 is 2.87 bits per heavy atom. The smallest absolute Gasteiger partial charge is 0.267 e. The number of hydrogen-bond donors (Lipinski definition) is 2. The number of aliphatic hydroxyl groups excluding tert-OH is 1. The first-order valence-corrected chi connectivity index (χ1v) is 11.4. The molecule has 0 spiro atoms. The number of carbonyl (C=O) groups is 1. The molecule has 166 valence electrons. The highest BCUT2D eigenvalue weighted by Crippen LogP contribution is 2.33. The summed E-state index contributed by atoms with van der Waals surface area (Å²) < 4.78 is 7.25. The molecule has 2 aromatic rings. The Balaban J connectivity index is 1.98. The summed E-state index contributed by atoms with van der Waals surface area (Å²) >= 11 is 6.57. The zero-order valence-electron chi connectivity index (χ0n) is 17.6. The van der Waals surface area contributed by atoms with Crippen LogP contribution in [0, 0.1) is 6.92 Å². The monoisotopic (exact) mass is 462 g/mol. The predicted molar refractivity (Wildman–Crippen MR) is 127 cm³/mol. The van der Waals surface area contributed by atoms with Gasteiger partial charge < -0.3 is 15.2 Å². The second-order valence-corrected chi connectivity index (χ2v) is 8.74. The van der Waals surface area contributed by atoms with Crippen molar-refractivity contribution in [3.05, 3.63) is 44.7 Å². The maximum Gasteiger partial charge on any atom is 0.267 e. The van der Waals surface area contributed by atoms with E-state index in [9.17, 15) is 9.59 Å². The number of anilines is 1. The van der Waals surface area contributed by atoms with Crippen LogP contribution in [0.15, 0.2) is 28.0 Å². The highest BCUT2D eigenvalue weighted by atomic mass is 32.2. The third-order valence-electron chi connectivity index (χ3n) is 4.66. The number of nitrogens with one attached hydrogen (secondary N) is 1. The number of pyridine rings is 1. The number of fused-ring (bicyclic) bond motifs is 1. The Morgan fingerprint density at radius 2 is 2.13 bits per heavy atom. The second kappa shape index (κ2) is 10.9. The first-order valence-electron chi connectivity index (χ1n) is 10.2. The fraction of sp³-hybridized carbons (Fsp3) is 0.429. The molecule has 3 rings (SSSR count). The molecule has 8 nitrogen and oxygen atoms in total. The number of unbranched alkanes of at least 4 members (excludes halogenated alkanes) is 1. The van der Waals surface area contributed by atoms with Crippen LogP contribution in [0.25, 0.3) is 11.7 Å². The molecule has 0 bridgehead atoms. The molecule has 3 heterocycles. The number of thiocarbonyl (C=S) groups is 1. The molecule has 0 radical (unpaired) electrons. The molecule has 0 unspecified atom stereocenters. The maximum atomic E-state index is 13.3. The van der Waals surface area contributed by atoms with Gasteiger partial charge in [-0.05, 0) is 31.1 Å². The molecule has 1 saturated heterocycles. The highest BCUT2D eigenvalue weighted by molar-refractivity contribution is 8.26. The second-order valence-electron chi connectivity index (χ2n) is 7.06. The fourth-order valence-corrected chi connectivity index (χ4v) is 4.36. The Labute approximate surface area is 190 Å². The summed E-state index contributed by atoms with van der Waals surface area (Å²) in [5.41, 5.74) is 1.45. The van der Waals surface area contributed by atoms with Gasteiger partial charge >= 0.3 is 0 Å². The van der Waals surface area contributed by atoms with Crippen LogP contribution < -0.4 is 10.9 Å². The van der Waals surface area contributed by atoms with Crippen LogP contribution in [0.4, 0.5) is 5.82 Å². The molecule has 0 saturated carbocycles. The normalized spacial score (nSPS) is 15.5. The number of aromatic nitrogens is 2. The van der Waals surface area contributed by atoms with E-state index >= 15 is 0 Å². The standard InChI is InChI=1S/C21H26N4O4S2/c1-3-4-8-24-20(28)16(31-21(24)30)12-15-18(22-7-10-29-11-9-26)23-17-6-5-14(2)13-25(17)19(15)27/h5-6,12-13,22,26H,3-4,7-11H2,1-2H3. The molecule has 1 aliphatic heterocycles. The van der Waals surface area contributed by atoms with Crippen molar-refractivity contribution < 1.29 is 14.6 Å². The molecule has 2 N–H and O–H groups in total. The largest absolute Gasteiger partial charge is 0.394 e. The summed E-state index contributed by atoms with van der Waals surface area (Å²) in [6, 6.07) is 3.66. The van der Waals surface area contributed by atoms with E-state index in [4.69, 9.17) is 22.1 Å². The summed E-state index contributed by atoms with van der Waals surface area (Å²) in [6.45, 7) is 5.44. The van der Waals surface area contributed by atoms with Gasteiger partial charge in [0.25, 0.3) is 11.5 Å². The van der Waals surface area contributed by atoms with Gasteiger partial charge in [-0.1, -0.05) is 43.4 Å². The van der Waals surface area contributed by atoms with Gasteiger partial charge in [0.2, 0.25) is 0 Å². The fourth-order valence-electron chi connectivity index (χ4n) is 3.07. The molecular formula is C21H26N4O4S2. The zero-order chi connectivity index (χ0) is 22.4. The van der Waals surface area contributed by atoms with Crippen LogP contribution in [0.5, 0.6) is 0 Å². The summed E-state index contributed by atoms with van der Waals surface area (Å²) in [7, 11) is 0. The van der Waals surface area contributed by atoms with E-state index in [0.29, 0.717) is 46.0 Å². The lowest BCUT2D eigenvalue weighted by molar-refractivity contribution is -0.122. The van der Waals surface area contributed by atoms with Crippen LogP contribution >= 0.6 is 24.0 Å². The van der Waals surface area contributed by atoms with E-state index in [-0.39, 0.29) is 24.7 Å². The molecule has 0 atom stereocenters. The quantitative estimate of drug-likeness (QED) is 0.316. The summed E-state index contributed by atoms with van der Waals surface area (Å²) in [5, 5.41) is 11.9. The van der Waals surface area contributed by atoms with Crippen molar-refractivity contribution in [1.82, 2.24) is 14.3 Å². The Morgan fingerprint density at radius 1 is 1.32 bits per heavy atom. The van der Waals surface area contributed by atoms with Crippen molar-refractivity contribution in [3.8, 4) is 0 Å². The third-order valence-corrected chi connectivity index (χ3v) is 6.04. The minimum Gasteiger partial charge on any atom is -0.394 e. The van der Waals surface area contributed by atoms with Crippen molar-refractivity contribution in [2.75, 3.05) is 38.2 Å². The van der Waals surface area contributed by atoms with Crippen molar-refractivity contribution >= 4 is 51.7 Å². The first kappa shape index (κ1) is 23.4. The number of aryl methyl sites for hydroxylation is 1. The number of ether oxygens (including phenoxy) is 1. The van der Waals surface area contributed by atoms with E-state index < -0.39 is 0 Å². The van der Waals surface area contributed by atoms with E-state index in [1.807, 2.05) is 13.0 Å². The van der Waals surface area contributed by atoms with Gasteiger partial charge in [-0.2, -0.15) is 0 Å². The van der Waals surface area contributed by atoms with Crippen LogP contribution in [0.3, 0.4) is 0 Å². The highest BCUT2D eigenvalue weighted by Gasteiger charge is 2.32. The number of amides is 1. The van der Waals surface area contributed by atoms with Gasteiger partial charge in [-0.25, -0.2) is 4.98 Å². The van der Waals surface area contributed by atoms with Crippen molar-refractivity contribution in [1.29, 1.82) is 0 Å². The van der Waals surface area contributed by atoms with E-state index in [0.717, 1.165) is 18.4 Å². The lowest BCUT2D eigenvalue weighted by Crippen LogP contribution is -2.29. The topological polar surface area (TPSA) is 96.2 Å². The summed E-state index contributed by atoms with van der Waals surface area (Å²) in [5.74, 6) is 0.190. The lowest BCUT2D eigenvalue weighted by atomic mass is 10.2. The van der Waals surface area contributed by atoms with Gasteiger partial charge in [-0.3, -0.25) is 18.9 Å². The molecular weight excluding hydrogens is 436 g/mol. The van der Waals surface area contributed by atoms with Crippen LogP contribution in [-0.2, 0) is 9.53 Å². The molecule has 2 aromatic heterocycles. The summed E-state index contributed by atoms with van der Waals surface area (Å²) in [4.78, 5) is 32.7. The Hall–Kier alpha value is -2.27. The van der Waals surface area contributed by atoms with Gasteiger partial charge in [0.05, 0.1) is 30.3 Å². The van der Waals surface area contributed by atoms with E-state index in [1.54, 1.807) is 23.2 Å². The average Bonchev–Trinajstić information content (AvgIpc) is 3.02. The Bertz CT molecular complexity index is 1070. The lowest BCUT2D eigenvalue weighted by Gasteiger charge is -2.13. The number of hydrogen-bond acceptors (Lipinski definition) is 8. The molecule has 1 fully saturated rings. The van der Waals surface area contributed by atoms with Crippen molar-refractivity contribution in [3.63, 3.8) is 0 Å². The molecule has 0 aliphatic carbocycles. The van der Waals surface area contributed by atoms with Crippen molar-refractivity contribution in [2.24, 2.45) is 0 Å². The van der Waals surface area contributed by atoms with Crippen LogP contribution in [-0.4, -0.2) is 62.5 Å². The predicted octanol–water partition coefficient (Wildman–Crippen LogP) is 2.43. The Kier molecular flexibility index (Phi) is 8.19. The minimum absolute atomic E-state index is 0.0555. The summed E-state index contributed by atoms with van der Waals surface area (Å²) in [6.07, 6.45) is 5.12. The number of carbonyl (C=O) groups excluding carboxylic acids is 1. The van der Waals surface area contributed by atoms with E-state index in [1.165, 1.54) is 16.2 Å². The van der Waals surface area contributed by atoms with Crippen LogP contribution in [0.2, 0.25) is 0 Å². The maximum absolute atomic E-state index is 13.3. The van der Waals surface area contributed by atoms with Crippen LogP contribution in [0.1, 0.15) is 30.9 Å².